The van der Waals surface area contributed by atoms with Crippen LogP contribution in [0.3, 0.4) is 0 Å². The molecule has 2 amide bonds. The molecule has 0 unspecified atom stereocenters. The Morgan fingerprint density at radius 2 is 1.69 bits per heavy atom. The van der Waals surface area contributed by atoms with Crippen molar-refractivity contribution in [3.05, 3.63) is 101 Å². The fourth-order valence-corrected chi connectivity index (χ4v) is 4.85. The second kappa shape index (κ2) is 10.0. The van der Waals surface area contributed by atoms with Gasteiger partial charge in [0.25, 0.3) is 5.91 Å². The molecule has 0 aliphatic carbocycles. The van der Waals surface area contributed by atoms with Crippen molar-refractivity contribution in [1.82, 2.24) is 4.90 Å². The van der Waals surface area contributed by atoms with Crippen molar-refractivity contribution < 1.29 is 14.0 Å². The highest BCUT2D eigenvalue weighted by Crippen LogP contribution is 2.38. The zero-order valence-electron chi connectivity index (χ0n) is 20.8. The molecule has 0 aromatic heterocycles. The van der Waals surface area contributed by atoms with Gasteiger partial charge in [-0.15, -0.1) is 0 Å². The fourth-order valence-electron chi connectivity index (χ4n) is 4.85. The first-order valence-corrected chi connectivity index (χ1v) is 12.2. The molecule has 0 spiro atoms. The van der Waals surface area contributed by atoms with Crippen LogP contribution in [0.1, 0.15) is 66.7 Å². The highest BCUT2D eigenvalue weighted by atomic mass is 19.1. The van der Waals surface area contributed by atoms with Gasteiger partial charge in [-0.25, -0.2) is 4.39 Å². The van der Waals surface area contributed by atoms with Crippen LogP contribution in [0.25, 0.3) is 0 Å². The lowest BCUT2D eigenvalue weighted by atomic mass is 9.83. The van der Waals surface area contributed by atoms with Gasteiger partial charge in [-0.05, 0) is 66.1 Å². The lowest BCUT2D eigenvalue weighted by molar-refractivity contribution is -0.123. The lowest BCUT2D eigenvalue weighted by Gasteiger charge is -2.41. The van der Waals surface area contributed by atoms with Gasteiger partial charge in [-0.1, -0.05) is 69.3 Å². The van der Waals surface area contributed by atoms with Gasteiger partial charge < -0.3 is 10.2 Å². The van der Waals surface area contributed by atoms with Crippen LogP contribution < -0.4 is 5.32 Å². The minimum Gasteiger partial charge on any atom is -0.331 e. The molecule has 3 aromatic carbocycles. The van der Waals surface area contributed by atoms with Gasteiger partial charge in [-0.3, -0.25) is 9.59 Å². The van der Waals surface area contributed by atoms with Crippen LogP contribution in [0.2, 0.25) is 0 Å². The lowest BCUT2D eigenvalue weighted by Crippen LogP contribution is -2.46. The summed E-state index contributed by atoms with van der Waals surface area (Å²) in [7, 11) is 0. The molecule has 35 heavy (non-hydrogen) atoms. The number of benzene rings is 3. The molecule has 1 heterocycles. The number of nitrogens with zero attached hydrogens (tertiary/aromatic N) is 1. The second-order valence-electron chi connectivity index (χ2n) is 10.3. The van der Waals surface area contributed by atoms with Crippen LogP contribution in [-0.2, 0) is 10.2 Å². The SMILES string of the molecule is Cc1c(F)cccc1C(=O)N1CCC[C@H](C(=O)Nc2cccc(C(C)(C)C)c2)[C@@H]1c1ccccc1. The van der Waals surface area contributed by atoms with Crippen molar-refractivity contribution in [2.45, 2.75) is 52.0 Å². The fraction of sp³-hybridized carbons (Fsp3) is 0.333. The monoisotopic (exact) mass is 472 g/mol. The van der Waals surface area contributed by atoms with E-state index < -0.39 is 17.8 Å². The molecular formula is C30H33FN2O2. The Labute approximate surface area is 207 Å². The van der Waals surface area contributed by atoms with Gasteiger partial charge in [0.15, 0.2) is 0 Å². The standard InChI is InChI=1S/C30H33FN2O2/c1-20-24(15-9-17-26(20)31)29(35)33-18-10-16-25(27(33)21-11-6-5-7-12-21)28(34)32-23-14-8-13-22(19-23)30(2,3)4/h5-9,11-15,17,19,25,27H,10,16,18H2,1-4H3,(H,32,34)/t25-,27-/m0/s1. The molecule has 4 rings (SSSR count). The van der Waals surface area contributed by atoms with E-state index in [0.29, 0.717) is 30.5 Å². The first kappa shape index (κ1) is 24.6. The molecule has 0 radical (unpaired) electrons. The maximum atomic E-state index is 14.3. The smallest absolute Gasteiger partial charge is 0.254 e. The summed E-state index contributed by atoms with van der Waals surface area (Å²) < 4.78 is 14.3. The van der Waals surface area contributed by atoms with Crippen LogP contribution in [0.15, 0.2) is 72.8 Å². The number of piperidine rings is 1. The summed E-state index contributed by atoms with van der Waals surface area (Å²) in [5, 5.41) is 3.11. The molecule has 1 aliphatic heterocycles. The highest BCUT2D eigenvalue weighted by Gasteiger charge is 2.40. The van der Waals surface area contributed by atoms with Gasteiger partial charge in [0.1, 0.15) is 5.82 Å². The summed E-state index contributed by atoms with van der Waals surface area (Å²) in [6.45, 7) is 8.54. The van der Waals surface area contributed by atoms with Crippen LogP contribution >= 0.6 is 0 Å². The third-order valence-electron chi connectivity index (χ3n) is 6.86. The van der Waals surface area contributed by atoms with Gasteiger partial charge in [0, 0.05) is 17.8 Å². The Balaban J connectivity index is 1.68. The predicted molar refractivity (Wildman–Crippen MR) is 138 cm³/mol. The number of halogens is 1. The molecule has 1 saturated heterocycles. The van der Waals surface area contributed by atoms with E-state index in [9.17, 15) is 14.0 Å². The Morgan fingerprint density at radius 1 is 0.971 bits per heavy atom. The van der Waals surface area contributed by atoms with E-state index in [4.69, 9.17) is 0 Å². The summed E-state index contributed by atoms with van der Waals surface area (Å²) in [5.74, 6) is -1.19. The van der Waals surface area contributed by atoms with Crippen molar-refractivity contribution in [3.63, 3.8) is 0 Å². The average molecular weight is 473 g/mol. The van der Waals surface area contributed by atoms with Crippen molar-refractivity contribution in [1.29, 1.82) is 0 Å². The van der Waals surface area contributed by atoms with Crippen molar-refractivity contribution in [2.24, 2.45) is 5.92 Å². The Hall–Kier alpha value is -3.47. The number of carbonyl (C=O) groups is 2. The van der Waals surface area contributed by atoms with E-state index in [-0.39, 0.29) is 17.2 Å². The molecule has 1 N–H and O–H groups in total. The molecule has 182 valence electrons. The summed E-state index contributed by atoms with van der Waals surface area (Å²) >= 11 is 0. The summed E-state index contributed by atoms with van der Waals surface area (Å²) in [5.41, 5.74) is 3.41. The molecule has 3 aromatic rings. The zero-order chi connectivity index (χ0) is 25.2. The number of nitrogens with one attached hydrogen (secondary N) is 1. The molecule has 0 saturated carbocycles. The van der Waals surface area contributed by atoms with E-state index in [0.717, 1.165) is 16.8 Å². The molecular weight excluding hydrogens is 439 g/mol. The average Bonchev–Trinajstić information content (AvgIpc) is 2.85. The number of amides is 2. The number of hydrogen-bond donors (Lipinski definition) is 1. The molecule has 5 heteroatoms. The Morgan fingerprint density at radius 3 is 2.40 bits per heavy atom. The Bertz CT molecular complexity index is 1220. The minimum absolute atomic E-state index is 0.0375. The third-order valence-corrected chi connectivity index (χ3v) is 6.86. The molecule has 0 bridgehead atoms. The maximum absolute atomic E-state index is 14.3. The molecule has 1 aliphatic rings. The topological polar surface area (TPSA) is 49.4 Å². The van der Waals surface area contributed by atoms with E-state index in [2.05, 4.69) is 32.2 Å². The largest absolute Gasteiger partial charge is 0.331 e. The number of hydrogen-bond acceptors (Lipinski definition) is 2. The molecule has 4 nitrogen and oxygen atoms in total. The van der Waals surface area contributed by atoms with Crippen LogP contribution in [0, 0.1) is 18.7 Å². The maximum Gasteiger partial charge on any atom is 0.254 e. The van der Waals surface area contributed by atoms with E-state index in [1.54, 1.807) is 24.0 Å². The zero-order valence-corrected chi connectivity index (χ0v) is 20.8. The summed E-state index contributed by atoms with van der Waals surface area (Å²) in [6.07, 6.45) is 1.36. The normalized spacial score (nSPS) is 18.3. The van der Waals surface area contributed by atoms with Gasteiger partial charge in [-0.2, -0.15) is 0 Å². The van der Waals surface area contributed by atoms with Crippen LogP contribution in [0.4, 0.5) is 10.1 Å². The van der Waals surface area contributed by atoms with E-state index >= 15 is 0 Å². The van der Waals surface area contributed by atoms with Crippen LogP contribution in [-0.4, -0.2) is 23.3 Å². The Kier molecular flexibility index (Phi) is 7.06. The number of likely N-dealkylation sites (tertiary alicyclic amines) is 1. The van der Waals surface area contributed by atoms with Crippen molar-refractivity contribution in [3.8, 4) is 0 Å². The van der Waals surface area contributed by atoms with Gasteiger partial charge in [0.05, 0.1) is 12.0 Å². The minimum atomic E-state index is -0.439. The number of carbonyl (C=O) groups excluding carboxylic acids is 2. The second-order valence-corrected chi connectivity index (χ2v) is 10.3. The highest BCUT2D eigenvalue weighted by molar-refractivity contribution is 5.98. The predicted octanol–water partition coefficient (Wildman–Crippen LogP) is 6.66. The van der Waals surface area contributed by atoms with Crippen molar-refractivity contribution in [2.75, 3.05) is 11.9 Å². The van der Waals surface area contributed by atoms with Gasteiger partial charge in [0.2, 0.25) is 5.91 Å². The number of anilines is 1. The van der Waals surface area contributed by atoms with Crippen LogP contribution in [0.5, 0.6) is 0 Å². The summed E-state index contributed by atoms with van der Waals surface area (Å²) in [4.78, 5) is 29.0. The molecule has 2 atom stereocenters. The quantitative estimate of drug-likeness (QED) is 0.461. The van der Waals surface area contributed by atoms with Crippen molar-refractivity contribution >= 4 is 17.5 Å². The van der Waals surface area contributed by atoms with Gasteiger partial charge >= 0.3 is 0 Å². The van der Waals surface area contributed by atoms with E-state index in [1.165, 1.54) is 6.07 Å². The summed E-state index contributed by atoms with van der Waals surface area (Å²) in [6, 6.07) is 21.7. The number of rotatable bonds is 4. The molecule has 1 fully saturated rings. The first-order chi connectivity index (χ1) is 16.7. The van der Waals surface area contributed by atoms with E-state index in [1.807, 2.05) is 48.5 Å². The first-order valence-electron chi connectivity index (χ1n) is 12.2. The third kappa shape index (κ3) is 5.29.